The van der Waals surface area contributed by atoms with Crippen molar-refractivity contribution < 1.29 is 0 Å². The van der Waals surface area contributed by atoms with E-state index in [0.29, 0.717) is 0 Å². The predicted octanol–water partition coefficient (Wildman–Crippen LogP) is 3.96. The molecule has 0 aromatic heterocycles. The molecule has 0 aliphatic carbocycles. The van der Waals surface area contributed by atoms with Crippen LogP contribution in [0.1, 0.15) is 31.4 Å². The quantitative estimate of drug-likeness (QED) is 0.826. The maximum atomic E-state index is 3.90. The van der Waals surface area contributed by atoms with E-state index in [1.165, 1.54) is 23.2 Å². The van der Waals surface area contributed by atoms with Gasteiger partial charge in [0.05, 0.1) is 0 Å². The zero-order valence-electron chi connectivity index (χ0n) is 11.7. The lowest BCUT2D eigenvalue weighted by Crippen LogP contribution is -2.12. The molecule has 17 heavy (non-hydrogen) atoms. The van der Waals surface area contributed by atoms with E-state index in [9.17, 15) is 0 Å². The van der Waals surface area contributed by atoms with E-state index in [0.717, 1.165) is 17.8 Å². The second-order valence-electron chi connectivity index (χ2n) is 4.85. The summed E-state index contributed by atoms with van der Waals surface area (Å²) in [6.07, 6.45) is 2.30. The Labute approximate surface area is 105 Å². The van der Waals surface area contributed by atoms with Gasteiger partial charge in [-0.2, -0.15) is 0 Å². The first-order valence-electron chi connectivity index (χ1n) is 6.19. The van der Waals surface area contributed by atoms with Gasteiger partial charge in [0.25, 0.3) is 0 Å². The van der Waals surface area contributed by atoms with Crippen molar-refractivity contribution in [1.29, 1.82) is 0 Å². The fourth-order valence-electron chi connectivity index (χ4n) is 2.01. The van der Waals surface area contributed by atoms with Gasteiger partial charge in [0.15, 0.2) is 0 Å². The van der Waals surface area contributed by atoms with Gasteiger partial charge in [-0.3, -0.25) is 0 Å². The van der Waals surface area contributed by atoms with Crippen LogP contribution in [0.3, 0.4) is 0 Å². The average molecular weight is 232 g/mol. The molecule has 0 heterocycles. The van der Waals surface area contributed by atoms with Crippen molar-refractivity contribution in [1.82, 2.24) is 0 Å². The van der Waals surface area contributed by atoms with Crippen LogP contribution in [0.15, 0.2) is 24.4 Å². The molecule has 0 saturated heterocycles. The fourth-order valence-corrected chi connectivity index (χ4v) is 2.01. The fraction of sp³-hybridized carbons (Fsp3) is 0.467. The molecule has 0 aliphatic heterocycles. The number of benzene rings is 1. The van der Waals surface area contributed by atoms with Gasteiger partial charge in [-0.25, -0.2) is 0 Å². The van der Waals surface area contributed by atoms with Crippen molar-refractivity contribution in [3.63, 3.8) is 0 Å². The van der Waals surface area contributed by atoms with Crippen molar-refractivity contribution in [2.75, 3.05) is 24.3 Å². The summed E-state index contributed by atoms with van der Waals surface area (Å²) in [4.78, 5) is 2.17. The van der Waals surface area contributed by atoms with Crippen LogP contribution in [0.5, 0.6) is 0 Å². The topological polar surface area (TPSA) is 15.3 Å². The smallest absolute Gasteiger partial charge is 0.0432 e. The normalized spacial score (nSPS) is 10.2. The van der Waals surface area contributed by atoms with Crippen LogP contribution >= 0.6 is 0 Å². The Morgan fingerprint density at radius 3 is 2.47 bits per heavy atom. The third kappa shape index (κ3) is 3.52. The summed E-state index contributed by atoms with van der Waals surface area (Å²) in [5.41, 5.74) is 6.12. The molecular weight excluding hydrogens is 208 g/mol. The highest BCUT2D eigenvalue weighted by molar-refractivity contribution is 5.67. The lowest BCUT2D eigenvalue weighted by molar-refractivity contribution is 0.911. The van der Waals surface area contributed by atoms with Crippen LogP contribution in [0.25, 0.3) is 0 Å². The van der Waals surface area contributed by atoms with Crippen molar-refractivity contribution in [3.05, 3.63) is 35.5 Å². The third-order valence-electron chi connectivity index (χ3n) is 2.77. The minimum Gasteiger partial charge on any atom is -0.377 e. The molecule has 0 spiro atoms. The number of allylic oxidation sites excluding steroid dienone is 1. The lowest BCUT2D eigenvalue weighted by Gasteiger charge is -2.21. The van der Waals surface area contributed by atoms with Gasteiger partial charge in [-0.1, -0.05) is 26.0 Å². The summed E-state index contributed by atoms with van der Waals surface area (Å²) < 4.78 is 0. The molecule has 0 unspecified atom stereocenters. The minimum absolute atomic E-state index is 0.973. The first-order valence-corrected chi connectivity index (χ1v) is 6.19. The highest BCUT2D eigenvalue weighted by Crippen LogP contribution is 2.28. The molecule has 1 N–H and O–H groups in total. The second-order valence-corrected chi connectivity index (χ2v) is 4.85. The van der Waals surface area contributed by atoms with Gasteiger partial charge in [0.1, 0.15) is 0 Å². The van der Waals surface area contributed by atoms with Crippen LogP contribution in [-0.2, 0) is 6.42 Å². The van der Waals surface area contributed by atoms with Gasteiger partial charge in [0, 0.05) is 31.2 Å². The molecule has 1 rings (SSSR count). The molecule has 0 amide bonds. The maximum Gasteiger partial charge on any atom is 0.0432 e. The number of hydrogen-bond donors (Lipinski definition) is 1. The first kappa shape index (κ1) is 13.6. The predicted molar refractivity (Wildman–Crippen MR) is 77.9 cm³/mol. The number of hydrogen-bond acceptors (Lipinski definition) is 2. The molecular formula is C15H24N2. The van der Waals surface area contributed by atoms with Crippen molar-refractivity contribution >= 4 is 11.4 Å². The summed E-state index contributed by atoms with van der Waals surface area (Å²) in [7, 11) is 4.18. The van der Waals surface area contributed by atoms with Crippen LogP contribution in [-0.4, -0.2) is 14.1 Å². The Morgan fingerprint density at radius 2 is 2.00 bits per heavy atom. The van der Waals surface area contributed by atoms with Gasteiger partial charge in [0.2, 0.25) is 0 Å². The molecule has 1 aromatic rings. The molecule has 0 fully saturated rings. The van der Waals surface area contributed by atoms with E-state index in [2.05, 4.69) is 56.9 Å². The Balaban J connectivity index is 3.19. The highest BCUT2D eigenvalue weighted by Gasteiger charge is 2.08. The molecule has 1 aromatic carbocycles. The van der Waals surface area contributed by atoms with Gasteiger partial charge in [-0.05, 0) is 37.5 Å². The number of nitrogens with one attached hydrogen (secondary N) is 1. The first-order chi connectivity index (χ1) is 7.95. The molecule has 2 heteroatoms. The van der Waals surface area contributed by atoms with Crippen LogP contribution in [0.2, 0.25) is 0 Å². The van der Waals surface area contributed by atoms with Crippen molar-refractivity contribution in [3.8, 4) is 0 Å². The molecule has 0 atom stereocenters. The van der Waals surface area contributed by atoms with Gasteiger partial charge >= 0.3 is 0 Å². The zero-order valence-corrected chi connectivity index (χ0v) is 11.7. The van der Waals surface area contributed by atoms with E-state index in [1.807, 2.05) is 6.92 Å². The summed E-state index contributed by atoms with van der Waals surface area (Å²) in [6.45, 7) is 10.2. The standard InChI is InChI=1S/C15H24N2/c1-7-8-13-9-12(4)14(16-11(2)3)10-15(13)17(5)6/h9-10,16H,2,7-8H2,1,3-6H3. The number of anilines is 2. The largest absolute Gasteiger partial charge is 0.377 e. The van der Waals surface area contributed by atoms with Gasteiger partial charge < -0.3 is 10.2 Å². The average Bonchev–Trinajstić information content (AvgIpc) is 2.21. The molecule has 0 radical (unpaired) electrons. The molecule has 0 bridgehead atoms. The van der Waals surface area contributed by atoms with E-state index < -0.39 is 0 Å². The highest BCUT2D eigenvalue weighted by atomic mass is 15.1. The summed E-state index contributed by atoms with van der Waals surface area (Å²) in [5.74, 6) is 0. The maximum absolute atomic E-state index is 3.90. The Hall–Kier alpha value is -1.44. The monoisotopic (exact) mass is 232 g/mol. The van der Waals surface area contributed by atoms with Crippen molar-refractivity contribution in [2.45, 2.75) is 33.6 Å². The van der Waals surface area contributed by atoms with Crippen LogP contribution in [0, 0.1) is 6.92 Å². The van der Waals surface area contributed by atoms with E-state index >= 15 is 0 Å². The number of aryl methyl sites for hydroxylation is 2. The van der Waals surface area contributed by atoms with E-state index in [1.54, 1.807) is 0 Å². The SMILES string of the molecule is C=C(C)Nc1cc(N(C)C)c(CCC)cc1C. The third-order valence-corrected chi connectivity index (χ3v) is 2.77. The molecule has 2 nitrogen and oxygen atoms in total. The summed E-state index contributed by atoms with van der Waals surface area (Å²) >= 11 is 0. The minimum atomic E-state index is 0.973. The lowest BCUT2D eigenvalue weighted by atomic mass is 10.0. The van der Waals surface area contributed by atoms with E-state index in [4.69, 9.17) is 0 Å². The molecule has 94 valence electrons. The van der Waals surface area contributed by atoms with Gasteiger partial charge in [-0.15, -0.1) is 0 Å². The Kier molecular flexibility index (Phi) is 4.62. The summed E-state index contributed by atoms with van der Waals surface area (Å²) in [5, 5.41) is 3.32. The zero-order chi connectivity index (χ0) is 13.0. The molecule has 0 aliphatic rings. The van der Waals surface area contributed by atoms with Crippen LogP contribution < -0.4 is 10.2 Å². The number of rotatable bonds is 5. The van der Waals surface area contributed by atoms with Crippen LogP contribution in [0.4, 0.5) is 11.4 Å². The van der Waals surface area contributed by atoms with E-state index in [-0.39, 0.29) is 0 Å². The number of nitrogens with zero attached hydrogens (tertiary/aromatic N) is 1. The second kappa shape index (κ2) is 5.76. The van der Waals surface area contributed by atoms with Crippen molar-refractivity contribution in [2.24, 2.45) is 0 Å². The Morgan fingerprint density at radius 1 is 1.35 bits per heavy atom. The summed E-state index contributed by atoms with van der Waals surface area (Å²) in [6, 6.07) is 4.50. The molecule has 0 saturated carbocycles. The Bertz CT molecular complexity index is 406.